The lowest BCUT2D eigenvalue weighted by Gasteiger charge is -2.13. The molecule has 1 rings (SSSR count). The number of carbonyl (C=O) groups is 2. The predicted molar refractivity (Wildman–Crippen MR) is 75.4 cm³/mol. The van der Waals surface area contributed by atoms with Gasteiger partial charge in [0.15, 0.2) is 17.3 Å². The average Bonchev–Trinajstić information content (AvgIpc) is 2.42. The maximum Gasteiger partial charge on any atom is 0.203 e. The van der Waals surface area contributed by atoms with Crippen LogP contribution in [0.25, 0.3) is 6.08 Å². The third kappa shape index (κ3) is 3.85. The van der Waals surface area contributed by atoms with Crippen LogP contribution in [0, 0.1) is 0 Å². The first-order valence-corrected chi connectivity index (χ1v) is 6.02. The maximum absolute atomic E-state index is 11.5. The highest BCUT2D eigenvalue weighted by Crippen LogP contribution is 2.40. The van der Waals surface area contributed by atoms with Crippen LogP contribution in [-0.4, -0.2) is 32.9 Å². The minimum Gasteiger partial charge on any atom is -0.493 e. The average molecular weight is 278 g/mol. The molecular weight excluding hydrogens is 260 g/mol. The summed E-state index contributed by atoms with van der Waals surface area (Å²) in [6, 6.07) is 3.47. The van der Waals surface area contributed by atoms with Gasteiger partial charge in [-0.3, -0.25) is 9.59 Å². The van der Waals surface area contributed by atoms with Crippen molar-refractivity contribution in [2.45, 2.75) is 13.3 Å². The molecule has 0 bridgehead atoms. The molecule has 0 unspecified atom stereocenters. The largest absolute Gasteiger partial charge is 0.493 e. The molecule has 0 amide bonds. The van der Waals surface area contributed by atoms with Gasteiger partial charge >= 0.3 is 0 Å². The molecule has 1 aromatic carbocycles. The molecule has 0 fully saturated rings. The van der Waals surface area contributed by atoms with Gasteiger partial charge in [0, 0.05) is 5.56 Å². The molecule has 0 saturated heterocycles. The van der Waals surface area contributed by atoms with Crippen LogP contribution in [0.15, 0.2) is 18.2 Å². The normalized spacial score (nSPS) is 10.4. The van der Waals surface area contributed by atoms with E-state index >= 15 is 0 Å². The van der Waals surface area contributed by atoms with Crippen molar-refractivity contribution in [2.24, 2.45) is 0 Å². The zero-order valence-electron chi connectivity index (χ0n) is 12.1. The van der Waals surface area contributed by atoms with Gasteiger partial charge in [0.25, 0.3) is 0 Å². The van der Waals surface area contributed by atoms with Crippen LogP contribution in [0.4, 0.5) is 0 Å². The van der Waals surface area contributed by atoms with Crippen molar-refractivity contribution in [3.05, 3.63) is 23.8 Å². The van der Waals surface area contributed by atoms with E-state index < -0.39 is 0 Å². The molecular formula is C15H18O5. The highest BCUT2D eigenvalue weighted by Gasteiger charge is 2.14. The van der Waals surface area contributed by atoms with E-state index in [1.54, 1.807) is 18.2 Å². The van der Waals surface area contributed by atoms with E-state index in [4.69, 9.17) is 14.2 Å². The Hall–Kier alpha value is -2.30. The second kappa shape index (κ2) is 7.33. The van der Waals surface area contributed by atoms with E-state index in [1.807, 2.05) is 0 Å². The van der Waals surface area contributed by atoms with Crippen molar-refractivity contribution in [3.63, 3.8) is 0 Å². The molecule has 1 aromatic rings. The maximum atomic E-state index is 11.5. The van der Waals surface area contributed by atoms with Crippen LogP contribution in [0.2, 0.25) is 0 Å². The highest BCUT2D eigenvalue weighted by atomic mass is 16.5. The molecule has 20 heavy (non-hydrogen) atoms. The molecule has 0 radical (unpaired) electrons. The highest BCUT2D eigenvalue weighted by molar-refractivity contribution is 6.05. The minimum atomic E-state index is -0.255. The fourth-order valence-corrected chi connectivity index (χ4v) is 1.74. The third-order valence-corrected chi connectivity index (χ3v) is 2.61. The summed E-state index contributed by atoms with van der Waals surface area (Å²) in [7, 11) is 4.55. The van der Waals surface area contributed by atoms with Gasteiger partial charge in [0.05, 0.1) is 27.8 Å². The lowest BCUT2D eigenvalue weighted by atomic mass is 10.1. The fourth-order valence-electron chi connectivity index (χ4n) is 1.74. The number of ketones is 2. The zero-order valence-corrected chi connectivity index (χ0v) is 12.1. The van der Waals surface area contributed by atoms with Gasteiger partial charge in [-0.05, 0) is 31.2 Å². The predicted octanol–water partition coefficient (Wildman–Crippen LogP) is 2.27. The van der Waals surface area contributed by atoms with Crippen LogP contribution < -0.4 is 14.2 Å². The van der Waals surface area contributed by atoms with Crippen molar-refractivity contribution in [2.75, 3.05) is 21.3 Å². The number of rotatable bonds is 7. The Morgan fingerprint density at radius 2 is 1.70 bits per heavy atom. The number of hydrogen-bond acceptors (Lipinski definition) is 5. The lowest BCUT2D eigenvalue weighted by molar-refractivity contribution is -0.123. The molecule has 0 atom stereocenters. The van der Waals surface area contributed by atoms with E-state index in [-0.39, 0.29) is 18.0 Å². The lowest BCUT2D eigenvalue weighted by Crippen LogP contribution is -2.00. The van der Waals surface area contributed by atoms with E-state index in [1.165, 1.54) is 34.3 Å². The van der Waals surface area contributed by atoms with Crippen LogP contribution in [-0.2, 0) is 9.59 Å². The molecule has 5 nitrogen and oxygen atoms in total. The summed E-state index contributed by atoms with van der Waals surface area (Å²) in [5.41, 5.74) is 0.669. The number of hydrogen-bond donors (Lipinski definition) is 0. The Morgan fingerprint density at radius 1 is 1.05 bits per heavy atom. The molecule has 0 aliphatic rings. The second-order valence-electron chi connectivity index (χ2n) is 4.10. The molecule has 0 spiro atoms. The standard InChI is InChI=1S/C15H18O5/c1-10(16)9-12(17)7-5-11-6-8-13(18-2)15(20-4)14(11)19-3/h5-8H,9H2,1-4H3/b7-5+. The molecule has 0 aliphatic carbocycles. The third-order valence-electron chi connectivity index (χ3n) is 2.61. The summed E-state index contributed by atoms with van der Waals surface area (Å²) in [5.74, 6) is 1.04. The summed E-state index contributed by atoms with van der Waals surface area (Å²) in [4.78, 5) is 22.4. The van der Waals surface area contributed by atoms with Crippen molar-refractivity contribution >= 4 is 17.6 Å². The van der Waals surface area contributed by atoms with Crippen molar-refractivity contribution in [3.8, 4) is 17.2 Å². The van der Waals surface area contributed by atoms with Gasteiger partial charge in [-0.15, -0.1) is 0 Å². The minimum absolute atomic E-state index is 0.105. The Balaban J connectivity index is 3.09. The van der Waals surface area contributed by atoms with Crippen LogP contribution in [0.5, 0.6) is 17.2 Å². The first-order chi connectivity index (χ1) is 9.53. The summed E-state index contributed by atoms with van der Waals surface area (Å²) in [5, 5.41) is 0. The smallest absolute Gasteiger partial charge is 0.203 e. The molecule has 0 aliphatic heterocycles. The number of carbonyl (C=O) groups excluding carboxylic acids is 2. The topological polar surface area (TPSA) is 61.8 Å². The summed E-state index contributed by atoms with van der Waals surface area (Å²) < 4.78 is 15.7. The number of ether oxygens (including phenoxy) is 3. The molecule has 5 heteroatoms. The summed E-state index contributed by atoms with van der Waals surface area (Å²) in [6.45, 7) is 1.38. The Morgan fingerprint density at radius 3 is 2.20 bits per heavy atom. The van der Waals surface area contributed by atoms with E-state index in [0.29, 0.717) is 22.8 Å². The molecule has 0 N–H and O–H groups in total. The number of allylic oxidation sites excluding steroid dienone is 1. The van der Waals surface area contributed by atoms with Gasteiger partial charge in [-0.25, -0.2) is 0 Å². The fraction of sp³-hybridized carbons (Fsp3) is 0.333. The molecule has 0 heterocycles. The molecule has 108 valence electrons. The Kier molecular flexibility index (Phi) is 5.77. The number of Topliss-reactive ketones (excluding diaryl/α,β-unsaturated/α-hetero) is 1. The van der Waals surface area contributed by atoms with Crippen LogP contribution in [0.1, 0.15) is 18.9 Å². The molecule has 0 aromatic heterocycles. The first-order valence-electron chi connectivity index (χ1n) is 6.02. The van der Waals surface area contributed by atoms with E-state index in [9.17, 15) is 9.59 Å². The monoisotopic (exact) mass is 278 g/mol. The number of methoxy groups -OCH3 is 3. The van der Waals surface area contributed by atoms with Gasteiger partial charge in [-0.1, -0.05) is 0 Å². The Bertz CT molecular complexity index is 531. The quantitative estimate of drug-likeness (QED) is 0.565. The van der Waals surface area contributed by atoms with E-state index in [2.05, 4.69) is 0 Å². The van der Waals surface area contributed by atoms with Crippen molar-refractivity contribution in [1.29, 1.82) is 0 Å². The van der Waals surface area contributed by atoms with Crippen LogP contribution >= 0.6 is 0 Å². The van der Waals surface area contributed by atoms with Crippen molar-refractivity contribution in [1.82, 2.24) is 0 Å². The van der Waals surface area contributed by atoms with Gasteiger partial charge in [0.2, 0.25) is 5.75 Å². The second-order valence-corrected chi connectivity index (χ2v) is 4.10. The first kappa shape index (κ1) is 15.8. The number of benzene rings is 1. The zero-order chi connectivity index (χ0) is 15.1. The van der Waals surface area contributed by atoms with E-state index in [0.717, 1.165) is 0 Å². The van der Waals surface area contributed by atoms with Crippen LogP contribution in [0.3, 0.4) is 0 Å². The SMILES string of the molecule is COc1ccc(/C=C/C(=O)CC(C)=O)c(OC)c1OC. The van der Waals surface area contributed by atoms with Gasteiger partial charge in [-0.2, -0.15) is 0 Å². The van der Waals surface area contributed by atoms with Gasteiger partial charge in [0.1, 0.15) is 5.78 Å². The molecule has 0 saturated carbocycles. The summed E-state index contributed by atoms with van der Waals surface area (Å²) >= 11 is 0. The van der Waals surface area contributed by atoms with Crippen molar-refractivity contribution < 1.29 is 23.8 Å². The summed E-state index contributed by atoms with van der Waals surface area (Å²) in [6.07, 6.45) is 2.84. The Labute approximate surface area is 118 Å². The van der Waals surface area contributed by atoms with Gasteiger partial charge < -0.3 is 14.2 Å².